The van der Waals surface area contributed by atoms with Gasteiger partial charge in [0.15, 0.2) is 17.6 Å². The second-order valence-corrected chi connectivity index (χ2v) is 8.07. The minimum absolute atomic E-state index is 0. The number of anilines is 1. The Bertz CT molecular complexity index is 591. The van der Waals surface area contributed by atoms with Gasteiger partial charge in [0.1, 0.15) is 0 Å². The summed E-state index contributed by atoms with van der Waals surface area (Å²) in [4.78, 5) is 10.5. The number of rotatable bonds is 6. The molecule has 1 aromatic rings. The highest BCUT2D eigenvalue weighted by molar-refractivity contribution is 14.0. The maximum atomic E-state index is 13.9. The smallest absolute Gasteiger partial charge is 0.191 e. The molecule has 1 fully saturated rings. The highest BCUT2D eigenvalue weighted by Gasteiger charge is 2.26. The number of halogens is 2. The van der Waals surface area contributed by atoms with Crippen LogP contribution in [0.1, 0.15) is 40.5 Å². The van der Waals surface area contributed by atoms with E-state index in [4.69, 9.17) is 0 Å². The van der Waals surface area contributed by atoms with Gasteiger partial charge in [-0.05, 0) is 36.3 Å². The first-order valence-corrected chi connectivity index (χ1v) is 9.13. The van der Waals surface area contributed by atoms with Crippen molar-refractivity contribution in [3.63, 3.8) is 0 Å². The standard InChI is InChI=1S/C19H32FN5.HI/c1-14(2)11-19(3,4)13-23-18(21-5)24-15-8-10-25(12-15)17-16(20)7-6-9-22-17;/h6-7,9,14-15H,8,10-13H2,1-5H3,(H2,21,23,24);1H. The average Bonchev–Trinajstić information content (AvgIpc) is 2.99. The van der Waals surface area contributed by atoms with E-state index in [1.54, 1.807) is 19.3 Å². The second-order valence-electron chi connectivity index (χ2n) is 8.07. The lowest BCUT2D eigenvalue weighted by atomic mass is 9.84. The zero-order valence-electron chi connectivity index (χ0n) is 16.6. The Morgan fingerprint density at radius 3 is 2.81 bits per heavy atom. The minimum Gasteiger partial charge on any atom is -0.356 e. The van der Waals surface area contributed by atoms with Gasteiger partial charge in [-0.2, -0.15) is 0 Å². The highest BCUT2D eigenvalue weighted by atomic mass is 127. The summed E-state index contributed by atoms with van der Waals surface area (Å²) in [6.07, 6.45) is 3.73. The monoisotopic (exact) mass is 477 g/mol. The van der Waals surface area contributed by atoms with Gasteiger partial charge in [-0.1, -0.05) is 27.7 Å². The summed E-state index contributed by atoms with van der Waals surface area (Å²) in [5, 5.41) is 6.90. The van der Waals surface area contributed by atoms with Crippen molar-refractivity contribution in [3.05, 3.63) is 24.1 Å². The Balaban J connectivity index is 0.00000338. The number of nitrogens with one attached hydrogen (secondary N) is 2. The summed E-state index contributed by atoms with van der Waals surface area (Å²) >= 11 is 0. The van der Waals surface area contributed by atoms with Crippen LogP contribution in [0.5, 0.6) is 0 Å². The van der Waals surface area contributed by atoms with Gasteiger partial charge >= 0.3 is 0 Å². The van der Waals surface area contributed by atoms with Crippen molar-refractivity contribution in [1.29, 1.82) is 0 Å². The van der Waals surface area contributed by atoms with Gasteiger partial charge in [0.05, 0.1) is 0 Å². The fourth-order valence-electron chi connectivity index (χ4n) is 3.57. The van der Waals surface area contributed by atoms with Crippen molar-refractivity contribution in [2.45, 2.75) is 46.6 Å². The molecule has 26 heavy (non-hydrogen) atoms. The predicted octanol–water partition coefficient (Wildman–Crippen LogP) is 3.65. The van der Waals surface area contributed by atoms with Gasteiger partial charge in [-0.3, -0.25) is 4.99 Å². The van der Waals surface area contributed by atoms with Crippen molar-refractivity contribution in [1.82, 2.24) is 15.6 Å². The Labute approximate surface area is 174 Å². The van der Waals surface area contributed by atoms with E-state index in [-0.39, 0.29) is 41.3 Å². The number of aliphatic imine (C=N–C) groups is 1. The van der Waals surface area contributed by atoms with Crippen LogP contribution in [-0.2, 0) is 0 Å². The van der Waals surface area contributed by atoms with E-state index in [9.17, 15) is 4.39 Å². The molecule has 1 atom stereocenters. The summed E-state index contributed by atoms with van der Waals surface area (Å²) in [5.41, 5.74) is 0.213. The molecule has 1 saturated heterocycles. The summed E-state index contributed by atoms with van der Waals surface area (Å²) in [5.74, 6) is 1.66. The number of hydrogen-bond acceptors (Lipinski definition) is 3. The minimum atomic E-state index is -0.263. The second kappa shape index (κ2) is 10.3. The molecule has 1 aromatic heterocycles. The summed E-state index contributed by atoms with van der Waals surface area (Å²) in [6, 6.07) is 3.32. The Hall–Kier alpha value is -1.12. The number of guanidine groups is 1. The number of aromatic nitrogens is 1. The first kappa shape index (κ1) is 22.9. The van der Waals surface area contributed by atoms with E-state index in [2.05, 4.69) is 48.3 Å². The van der Waals surface area contributed by atoms with E-state index in [0.717, 1.165) is 38.4 Å². The molecule has 5 nitrogen and oxygen atoms in total. The van der Waals surface area contributed by atoms with Crippen LogP contribution in [0.25, 0.3) is 0 Å². The Morgan fingerprint density at radius 2 is 2.19 bits per heavy atom. The summed E-state index contributed by atoms with van der Waals surface area (Å²) in [6.45, 7) is 11.4. The third-order valence-electron chi connectivity index (χ3n) is 4.49. The summed E-state index contributed by atoms with van der Waals surface area (Å²) in [7, 11) is 1.79. The molecule has 0 aliphatic carbocycles. The Kier molecular flexibility index (Phi) is 9.06. The largest absolute Gasteiger partial charge is 0.356 e. The molecule has 2 heterocycles. The molecule has 148 valence electrons. The van der Waals surface area contributed by atoms with Crippen LogP contribution in [0.2, 0.25) is 0 Å². The molecular weight excluding hydrogens is 444 g/mol. The molecule has 0 spiro atoms. The van der Waals surface area contributed by atoms with Crippen LogP contribution in [0.15, 0.2) is 23.3 Å². The maximum absolute atomic E-state index is 13.9. The number of pyridine rings is 1. The lowest BCUT2D eigenvalue weighted by Gasteiger charge is -2.28. The van der Waals surface area contributed by atoms with Crippen molar-refractivity contribution in [2.75, 3.05) is 31.6 Å². The van der Waals surface area contributed by atoms with Crippen molar-refractivity contribution in [2.24, 2.45) is 16.3 Å². The molecule has 0 bridgehead atoms. The molecule has 2 N–H and O–H groups in total. The molecule has 2 rings (SSSR count). The average molecular weight is 477 g/mol. The molecule has 1 aliphatic rings. The third kappa shape index (κ3) is 6.89. The van der Waals surface area contributed by atoms with Gasteiger partial charge in [0, 0.05) is 38.9 Å². The zero-order chi connectivity index (χ0) is 18.4. The van der Waals surface area contributed by atoms with Gasteiger partial charge in [-0.25, -0.2) is 9.37 Å². The van der Waals surface area contributed by atoms with E-state index >= 15 is 0 Å². The molecule has 1 unspecified atom stereocenters. The fraction of sp³-hybridized carbons (Fsp3) is 0.684. The van der Waals surface area contributed by atoms with Gasteiger partial charge in [-0.15, -0.1) is 24.0 Å². The van der Waals surface area contributed by atoms with Crippen LogP contribution in [0.3, 0.4) is 0 Å². The first-order chi connectivity index (χ1) is 11.8. The Morgan fingerprint density at radius 1 is 1.46 bits per heavy atom. The number of nitrogens with zero attached hydrogens (tertiary/aromatic N) is 3. The van der Waals surface area contributed by atoms with Gasteiger partial charge in [0.2, 0.25) is 0 Å². The van der Waals surface area contributed by atoms with Crippen LogP contribution < -0.4 is 15.5 Å². The first-order valence-electron chi connectivity index (χ1n) is 9.13. The molecule has 0 amide bonds. The molecule has 7 heteroatoms. The zero-order valence-corrected chi connectivity index (χ0v) is 18.9. The fourth-order valence-corrected chi connectivity index (χ4v) is 3.57. The molecule has 0 saturated carbocycles. The third-order valence-corrected chi connectivity index (χ3v) is 4.49. The topological polar surface area (TPSA) is 52.6 Å². The number of hydrogen-bond donors (Lipinski definition) is 2. The van der Waals surface area contributed by atoms with E-state index in [1.165, 1.54) is 6.07 Å². The molecule has 1 aliphatic heterocycles. The van der Waals surface area contributed by atoms with Crippen molar-refractivity contribution < 1.29 is 4.39 Å². The maximum Gasteiger partial charge on any atom is 0.191 e. The molecular formula is C19H33FIN5. The molecule has 0 aromatic carbocycles. The van der Waals surface area contributed by atoms with Crippen molar-refractivity contribution in [3.8, 4) is 0 Å². The lowest BCUT2D eigenvalue weighted by molar-refractivity contribution is 0.286. The quantitative estimate of drug-likeness (QED) is 0.373. The van der Waals surface area contributed by atoms with Gasteiger partial charge < -0.3 is 15.5 Å². The predicted molar refractivity (Wildman–Crippen MR) is 118 cm³/mol. The lowest BCUT2D eigenvalue weighted by Crippen LogP contribution is -2.47. The van der Waals surface area contributed by atoms with Gasteiger partial charge in [0.25, 0.3) is 0 Å². The molecule has 0 radical (unpaired) electrons. The van der Waals surface area contributed by atoms with E-state index < -0.39 is 0 Å². The normalized spacial score (nSPS) is 18.0. The van der Waals surface area contributed by atoms with E-state index in [1.807, 2.05) is 4.90 Å². The van der Waals surface area contributed by atoms with E-state index in [0.29, 0.717) is 11.7 Å². The van der Waals surface area contributed by atoms with Crippen LogP contribution in [-0.4, -0.2) is 43.7 Å². The summed E-state index contributed by atoms with van der Waals surface area (Å²) < 4.78 is 13.9. The van der Waals surface area contributed by atoms with Crippen LogP contribution in [0.4, 0.5) is 10.2 Å². The highest BCUT2D eigenvalue weighted by Crippen LogP contribution is 2.24. The van der Waals surface area contributed by atoms with Crippen LogP contribution >= 0.6 is 24.0 Å². The SMILES string of the molecule is CN=C(NCC(C)(C)CC(C)C)NC1CCN(c2ncccc2F)C1.I. The van der Waals surface area contributed by atoms with Crippen molar-refractivity contribution >= 4 is 35.8 Å². The van der Waals surface area contributed by atoms with Crippen LogP contribution in [0, 0.1) is 17.2 Å².